The minimum Gasteiger partial charge on any atom is -0.370 e. The number of imide groups is 1. The van der Waals surface area contributed by atoms with Gasteiger partial charge in [-0.1, -0.05) is 18.2 Å². The molecule has 2 heterocycles. The minimum atomic E-state index is -0.215. The van der Waals surface area contributed by atoms with E-state index in [-0.39, 0.29) is 11.8 Å². The van der Waals surface area contributed by atoms with Crippen LogP contribution in [0.15, 0.2) is 36.4 Å². The van der Waals surface area contributed by atoms with Gasteiger partial charge in [-0.05, 0) is 43.5 Å². The molecule has 0 saturated carbocycles. The van der Waals surface area contributed by atoms with Crippen LogP contribution in [-0.4, -0.2) is 34.8 Å². The van der Waals surface area contributed by atoms with Crippen LogP contribution in [-0.2, 0) is 0 Å². The zero-order valence-corrected chi connectivity index (χ0v) is 14.0. The zero-order valence-electron chi connectivity index (χ0n) is 14.0. The van der Waals surface area contributed by atoms with E-state index in [1.807, 2.05) is 19.1 Å². The molecule has 0 saturated heterocycles. The summed E-state index contributed by atoms with van der Waals surface area (Å²) in [6.45, 7) is 2.90. The van der Waals surface area contributed by atoms with Crippen molar-refractivity contribution in [2.75, 3.05) is 18.4 Å². The number of nitrogens with zero attached hydrogens (tertiary/aromatic N) is 3. The van der Waals surface area contributed by atoms with E-state index < -0.39 is 0 Å². The lowest BCUT2D eigenvalue weighted by molar-refractivity contribution is 0.0652. The summed E-state index contributed by atoms with van der Waals surface area (Å²) in [7, 11) is 0. The Hall–Kier alpha value is -3.20. The first-order valence-electron chi connectivity index (χ1n) is 8.18. The molecule has 1 aliphatic heterocycles. The maximum absolute atomic E-state index is 12.2. The van der Waals surface area contributed by atoms with Gasteiger partial charge in [-0.3, -0.25) is 14.5 Å². The van der Waals surface area contributed by atoms with Crippen molar-refractivity contribution >= 4 is 17.6 Å². The van der Waals surface area contributed by atoms with Crippen LogP contribution in [0.5, 0.6) is 0 Å². The number of carbonyl (C=O) groups excluding carboxylic acids is 2. The van der Waals surface area contributed by atoms with E-state index in [4.69, 9.17) is 5.26 Å². The molecule has 0 spiro atoms. The number of aromatic nitrogens is 1. The van der Waals surface area contributed by atoms with Crippen molar-refractivity contribution in [1.82, 2.24) is 9.88 Å². The average Bonchev–Trinajstić information content (AvgIpc) is 2.87. The summed E-state index contributed by atoms with van der Waals surface area (Å²) < 4.78 is 0. The number of rotatable bonds is 6. The lowest BCUT2D eigenvalue weighted by Gasteiger charge is -2.13. The standard InChI is InChI=1S/C19H18N4O2/c1-13-8-9-17(22-16(13)12-20)21-10-4-5-11-23-18(24)14-6-2-3-7-15(14)19(23)25/h2-3,6-9H,4-5,10-11H2,1H3,(H,21,22). The maximum atomic E-state index is 12.2. The summed E-state index contributed by atoms with van der Waals surface area (Å²) in [6.07, 6.45) is 1.49. The van der Waals surface area contributed by atoms with Crippen molar-refractivity contribution in [2.24, 2.45) is 0 Å². The Morgan fingerprint density at radius 2 is 1.76 bits per heavy atom. The molecule has 0 aliphatic carbocycles. The fourth-order valence-electron chi connectivity index (χ4n) is 2.79. The van der Waals surface area contributed by atoms with E-state index in [1.165, 1.54) is 4.90 Å². The molecule has 0 bridgehead atoms. The fraction of sp³-hybridized carbons (Fsp3) is 0.263. The summed E-state index contributed by atoms with van der Waals surface area (Å²) in [5.74, 6) is 0.225. The lowest BCUT2D eigenvalue weighted by Crippen LogP contribution is -2.30. The SMILES string of the molecule is Cc1ccc(NCCCCN2C(=O)c3ccccc3C2=O)nc1C#N. The van der Waals surface area contributed by atoms with Crippen molar-refractivity contribution in [3.05, 3.63) is 58.8 Å². The fourth-order valence-corrected chi connectivity index (χ4v) is 2.79. The van der Waals surface area contributed by atoms with E-state index in [0.29, 0.717) is 42.1 Å². The predicted molar refractivity (Wildman–Crippen MR) is 93.2 cm³/mol. The molecule has 6 nitrogen and oxygen atoms in total. The Labute approximate surface area is 146 Å². The molecule has 1 N–H and O–H groups in total. The van der Waals surface area contributed by atoms with Crippen molar-refractivity contribution in [3.63, 3.8) is 0 Å². The second-order valence-corrected chi connectivity index (χ2v) is 5.92. The van der Waals surface area contributed by atoms with Crippen molar-refractivity contribution in [3.8, 4) is 6.07 Å². The molecule has 0 fully saturated rings. The Balaban J connectivity index is 1.48. The van der Waals surface area contributed by atoms with Gasteiger partial charge in [-0.2, -0.15) is 5.26 Å². The van der Waals surface area contributed by atoms with Crippen LogP contribution >= 0.6 is 0 Å². The van der Waals surface area contributed by atoms with Crippen LogP contribution in [0.3, 0.4) is 0 Å². The largest absolute Gasteiger partial charge is 0.370 e. The molecule has 126 valence electrons. The first kappa shape index (κ1) is 16.7. The number of carbonyl (C=O) groups is 2. The highest BCUT2D eigenvalue weighted by molar-refractivity contribution is 6.21. The number of unbranched alkanes of at least 4 members (excludes halogenated alkanes) is 1. The van der Waals surface area contributed by atoms with Gasteiger partial charge < -0.3 is 5.32 Å². The number of hydrogen-bond donors (Lipinski definition) is 1. The summed E-state index contributed by atoms with van der Waals surface area (Å²) in [4.78, 5) is 30.0. The topological polar surface area (TPSA) is 86.1 Å². The van der Waals surface area contributed by atoms with Gasteiger partial charge in [-0.15, -0.1) is 0 Å². The van der Waals surface area contributed by atoms with E-state index in [0.717, 1.165) is 12.0 Å². The molecule has 0 unspecified atom stereocenters. The third kappa shape index (κ3) is 3.36. The van der Waals surface area contributed by atoms with E-state index >= 15 is 0 Å². The van der Waals surface area contributed by atoms with Crippen LogP contribution in [0.1, 0.15) is 44.8 Å². The quantitative estimate of drug-likeness (QED) is 0.648. The van der Waals surface area contributed by atoms with Gasteiger partial charge in [0.15, 0.2) is 0 Å². The Morgan fingerprint density at radius 3 is 2.40 bits per heavy atom. The Morgan fingerprint density at radius 1 is 1.08 bits per heavy atom. The van der Waals surface area contributed by atoms with Gasteiger partial charge in [-0.25, -0.2) is 4.98 Å². The number of aryl methyl sites for hydroxylation is 1. The number of benzene rings is 1. The van der Waals surface area contributed by atoms with Crippen molar-refractivity contribution in [2.45, 2.75) is 19.8 Å². The highest BCUT2D eigenvalue weighted by Gasteiger charge is 2.34. The molecule has 1 aliphatic rings. The molecule has 2 aromatic rings. The molecular weight excluding hydrogens is 316 g/mol. The van der Waals surface area contributed by atoms with Crippen LogP contribution in [0, 0.1) is 18.3 Å². The summed E-state index contributed by atoms with van der Waals surface area (Å²) in [5, 5.41) is 12.1. The van der Waals surface area contributed by atoms with Gasteiger partial charge in [0.05, 0.1) is 11.1 Å². The summed E-state index contributed by atoms with van der Waals surface area (Å²) in [5.41, 5.74) is 2.23. The second kappa shape index (κ2) is 7.14. The van der Waals surface area contributed by atoms with Crippen LogP contribution in [0.25, 0.3) is 0 Å². The highest BCUT2D eigenvalue weighted by atomic mass is 16.2. The summed E-state index contributed by atoms with van der Waals surface area (Å²) >= 11 is 0. The molecule has 0 atom stereocenters. The Bertz CT molecular complexity index is 835. The average molecular weight is 334 g/mol. The minimum absolute atomic E-state index is 0.215. The monoisotopic (exact) mass is 334 g/mol. The smallest absolute Gasteiger partial charge is 0.261 e. The molecule has 0 radical (unpaired) electrons. The van der Waals surface area contributed by atoms with Crippen molar-refractivity contribution < 1.29 is 9.59 Å². The van der Waals surface area contributed by atoms with Crippen LogP contribution < -0.4 is 5.32 Å². The number of amides is 2. The van der Waals surface area contributed by atoms with E-state index in [1.54, 1.807) is 24.3 Å². The zero-order chi connectivity index (χ0) is 17.8. The van der Waals surface area contributed by atoms with Gasteiger partial charge in [0.2, 0.25) is 0 Å². The summed E-state index contributed by atoms with van der Waals surface area (Å²) in [6, 6.07) is 12.7. The highest BCUT2D eigenvalue weighted by Crippen LogP contribution is 2.22. The molecule has 3 rings (SSSR count). The molecule has 1 aromatic heterocycles. The first-order chi connectivity index (χ1) is 12.1. The molecule has 25 heavy (non-hydrogen) atoms. The lowest BCUT2D eigenvalue weighted by atomic mass is 10.1. The molecule has 6 heteroatoms. The molecule has 2 amide bonds. The molecular formula is C19H18N4O2. The van der Waals surface area contributed by atoms with E-state index in [9.17, 15) is 9.59 Å². The van der Waals surface area contributed by atoms with Gasteiger partial charge in [0, 0.05) is 13.1 Å². The van der Waals surface area contributed by atoms with Gasteiger partial charge in [0.1, 0.15) is 17.6 Å². The van der Waals surface area contributed by atoms with E-state index in [2.05, 4.69) is 16.4 Å². The second-order valence-electron chi connectivity index (χ2n) is 5.92. The number of nitrogens with one attached hydrogen (secondary N) is 1. The Kier molecular flexibility index (Phi) is 4.75. The van der Waals surface area contributed by atoms with Crippen LogP contribution in [0.4, 0.5) is 5.82 Å². The number of fused-ring (bicyclic) bond motifs is 1. The van der Waals surface area contributed by atoms with Gasteiger partial charge in [0.25, 0.3) is 11.8 Å². The maximum Gasteiger partial charge on any atom is 0.261 e. The molecule has 1 aromatic carbocycles. The number of nitriles is 1. The third-order valence-electron chi connectivity index (χ3n) is 4.20. The third-order valence-corrected chi connectivity index (χ3v) is 4.20. The van der Waals surface area contributed by atoms with Crippen LogP contribution in [0.2, 0.25) is 0 Å². The predicted octanol–water partition coefficient (Wildman–Crippen LogP) is 2.75. The number of anilines is 1. The first-order valence-corrected chi connectivity index (χ1v) is 8.18. The van der Waals surface area contributed by atoms with Crippen molar-refractivity contribution in [1.29, 1.82) is 5.26 Å². The normalized spacial score (nSPS) is 12.9. The van der Waals surface area contributed by atoms with Gasteiger partial charge >= 0.3 is 0 Å². The number of hydrogen-bond acceptors (Lipinski definition) is 5. The number of pyridine rings is 1.